The maximum Gasteiger partial charge on any atom is 0.254 e. The van der Waals surface area contributed by atoms with Crippen LogP contribution in [-0.4, -0.2) is 72.2 Å². The van der Waals surface area contributed by atoms with Gasteiger partial charge in [-0.1, -0.05) is 0 Å². The number of aromatic nitrogens is 1. The van der Waals surface area contributed by atoms with E-state index in [1.54, 1.807) is 18.3 Å². The third-order valence-electron chi connectivity index (χ3n) is 3.27. The van der Waals surface area contributed by atoms with Crippen LogP contribution in [0.2, 0.25) is 0 Å². The Morgan fingerprint density at radius 2 is 2.16 bits per heavy atom. The van der Waals surface area contributed by atoms with Gasteiger partial charge in [0.2, 0.25) is 5.88 Å². The van der Waals surface area contributed by atoms with E-state index in [4.69, 9.17) is 9.84 Å². The zero-order valence-corrected chi connectivity index (χ0v) is 11.1. The van der Waals surface area contributed by atoms with Crippen LogP contribution in [0.15, 0.2) is 18.3 Å². The lowest BCUT2D eigenvalue weighted by atomic mass is 10.2. The van der Waals surface area contributed by atoms with Gasteiger partial charge in [-0.05, 0) is 6.07 Å². The minimum atomic E-state index is 0.00403. The molecule has 0 unspecified atom stereocenters. The number of carbonyl (C=O) groups excluding carboxylic acids is 1. The molecule has 1 fully saturated rings. The molecule has 104 valence electrons. The van der Waals surface area contributed by atoms with Crippen LogP contribution in [0.3, 0.4) is 0 Å². The highest BCUT2D eigenvalue weighted by Crippen LogP contribution is 2.12. The molecule has 2 rings (SSSR count). The van der Waals surface area contributed by atoms with Gasteiger partial charge in [0.05, 0.1) is 13.7 Å². The lowest BCUT2D eigenvalue weighted by Gasteiger charge is -2.34. The minimum absolute atomic E-state index is 0.00403. The van der Waals surface area contributed by atoms with E-state index in [-0.39, 0.29) is 12.5 Å². The van der Waals surface area contributed by atoms with Crippen molar-refractivity contribution in [3.63, 3.8) is 0 Å². The fourth-order valence-electron chi connectivity index (χ4n) is 2.15. The molecule has 1 aromatic heterocycles. The number of piperazine rings is 1. The molecule has 2 heterocycles. The predicted octanol–water partition coefficient (Wildman–Crippen LogP) is -0.160. The Balaban J connectivity index is 1.97. The van der Waals surface area contributed by atoms with Gasteiger partial charge in [0.1, 0.15) is 0 Å². The SMILES string of the molecule is COc1cc(C(=O)N2CCN(CCO)CC2)ccn1. The summed E-state index contributed by atoms with van der Waals surface area (Å²) in [6, 6.07) is 3.35. The fraction of sp³-hybridized carbons (Fsp3) is 0.538. The molecule has 0 radical (unpaired) electrons. The van der Waals surface area contributed by atoms with E-state index in [1.165, 1.54) is 7.11 Å². The van der Waals surface area contributed by atoms with Gasteiger partial charge in [0, 0.05) is 50.6 Å². The minimum Gasteiger partial charge on any atom is -0.481 e. The number of β-amino-alcohol motifs (C(OH)–C–C–N with tert-alkyl or cyclic N) is 1. The Kier molecular flexibility index (Phi) is 4.70. The van der Waals surface area contributed by atoms with Gasteiger partial charge < -0.3 is 14.7 Å². The molecule has 6 nitrogen and oxygen atoms in total. The highest BCUT2D eigenvalue weighted by atomic mass is 16.5. The average molecular weight is 265 g/mol. The number of rotatable bonds is 4. The van der Waals surface area contributed by atoms with Gasteiger partial charge in [-0.3, -0.25) is 9.69 Å². The quantitative estimate of drug-likeness (QED) is 0.819. The van der Waals surface area contributed by atoms with Crippen LogP contribution in [0, 0.1) is 0 Å². The number of amides is 1. The van der Waals surface area contributed by atoms with Crippen LogP contribution in [-0.2, 0) is 0 Å². The lowest BCUT2D eigenvalue weighted by Crippen LogP contribution is -2.49. The number of nitrogens with zero attached hydrogens (tertiary/aromatic N) is 3. The first-order valence-electron chi connectivity index (χ1n) is 6.37. The molecule has 1 aliphatic rings. The first-order chi connectivity index (χ1) is 9.24. The summed E-state index contributed by atoms with van der Waals surface area (Å²) in [6.45, 7) is 3.80. The molecule has 1 N–H and O–H groups in total. The van der Waals surface area contributed by atoms with Gasteiger partial charge >= 0.3 is 0 Å². The van der Waals surface area contributed by atoms with Gasteiger partial charge in [-0.2, -0.15) is 0 Å². The number of aliphatic hydroxyl groups is 1. The maximum absolute atomic E-state index is 12.3. The van der Waals surface area contributed by atoms with Crippen LogP contribution < -0.4 is 4.74 Å². The molecule has 0 spiro atoms. The van der Waals surface area contributed by atoms with E-state index in [1.807, 2.05) is 4.90 Å². The summed E-state index contributed by atoms with van der Waals surface area (Å²) in [4.78, 5) is 20.3. The first kappa shape index (κ1) is 13.8. The summed E-state index contributed by atoms with van der Waals surface area (Å²) in [6.07, 6.45) is 1.58. The van der Waals surface area contributed by atoms with Crippen molar-refractivity contribution in [1.82, 2.24) is 14.8 Å². The third kappa shape index (κ3) is 3.42. The van der Waals surface area contributed by atoms with E-state index in [0.29, 0.717) is 31.1 Å². The van der Waals surface area contributed by atoms with Crippen molar-refractivity contribution in [1.29, 1.82) is 0 Å². The Labute approximate surface area is 112 Å². The van der Waals surface area contributed by atoms with E-state index >= 15 is 0 Å². The zero-order chi connectivity index (χ0) is 13.7. The summed E-state index contributed by atoms with van der Waals surface area (Å²) >= 11 is 0. The van der Waals surface area contributed by atoms with Crippen molar-refractivity contribution in [2.24, 2.45) is 0 Å². The number of hydrogen-bond donors (Lipinski definition) is 1. The molecule has 0 aliphatic carbocycles. The van der Waals surface area contributed by atoms with E-state index < -0.39 is 0 Å². The molecule has 19 heavy (non-hydrogen) atoms. The summed E-state index contributed by atoms with van der Waals surface area (Å²) in [7, 11) is 1.53. The van der Waals surface area contributed by atoms with Crippen molar-refractivity contribution < 1.29 is 14.6 Å². The van der Waals surface area contributed by atoms with Gasteiger partial charge in [-0.15, -0.1) is 0 Å². The fourth-order valence-corrected chi connectivity index (χ4v) is 2.15. The summed E-state index contributed by atoms with van der Waals surface area (Å²) in [5.74, 6) is 0.453. The second-order valence-electron chi connectivity index (χ2n) is 4.44. The Morgan fingerprint density at radius 3 is 2.79 bits per heavy atom. The second kappa shape index (κ2) is 6.49. The number of carbonyl (C=O) groups is 1. The van der Waals surface area contributed by atoms with Crippen molar-refractivity contribution in [3.8, 4) is 5.88 Å². The van der Waals surface area contributed by atoms with Gasteiger partial charge in [0.15, 0.2) is 0 Å². The highest BCUT2D eigenvalue weighted by molar-refractivity contribution is 5.94. The van der Waals surface area contributed by atoms with Gasteiger partial charge in [0.25, 0.3) is 5.91 Å². The Hall–Kier alpha value is -1.66. The Morgan fingerprint density at radius 1 is 1.42 bits per heavy atom. The van der Waals surface area contributed by atoms with E-state index in [9.17, 15) is 4.79 Å². The summed E-state index contributed by atoms with van der Waals surface area (Å²) < 4.78 is 5.02. The first-order valence-corrected chi connectivity index (χ1v) is 6.37. The van der Waals surface area contributed by atoms with Crippen molar-refractivity contribution >= 4 is 5.91 Å². The number of ether oxygens (including phenoxy) is 1. The molecule has 1 amide bonds. The van der Waals surface area contributed by atoms with Crippen molar-refractivity contribution in [3.05, 3.63) is 23.9 Å². The average Bonchev–Trinajstić information content (AvgIpc) is 2.48. The summed E-state index contributed by atoms with van der Waals surface area (Å²) in [5.41, 5.74) is 0.599. The van der Waals surface area contributed by atoms with Crippen molar-refractivity contribution in [2.45, 2.75) is 0 Å². The number of pyridine rings is 1. The van der Waals surface area contributed by atoms with Crippen molar-refractivity contribution in [2.75, 3.05) is 46.4 Å². The highest BCUT2D eigenvalue weighted by Gasteiger charge is 2.22. The van der Waals surface area contributed by atoms with E-state index in [2.05, 4.69) is 9.88 Å². The molecule has 6 heteroatoms. The third-order valence-corrected chi connectivity index (χ3v) is 3.27. The molecule has 0 bridgehead atoms. The second-order valence-corrected chi connectivity index (χ2v) is 4.44. The topological polar surface area (TPSA) is 65.9 Å². The number of hydrogen-bond acceptors (Lipinski definition) is 5. The maximum atomic E-state index is 12.3. The zero-order valence-electron chi connectivity index (χ0n) is 11.1. The molecule has 1 aliphatic heterocycles. The normalized spacial score (nSPS) is 16.4. The molecule has 0 atom stereocenters. The molecular weight excluding hydrogens is 246 g/mol. The Bertz CT molecular complexity index is 431. The summed E-state index contributed by atoms with van der Waals surface area (Å²) in [5, 5.41) is 8.89. The van der Waals surface area contributed by atoms with Crippen LogP contribution in [0.1, 0.15) is 10.4 Å². The molecule has 1 saturated heterocycles. The van der Waals surface area contributed by atoms with Crippen LogP contribution >= 0.6 is 0 Å². The monoisotopic (exact) mass is 265 g/mol. The molecule has 0 saturated carbocycles. The largest absolute Gasteiger partial charge is 0.481 e. The number of aliphatic hydroxyl groups excluding tert-OH is 1. The molecule has 1 aromatic rings. The van der Waals surface area contributed by atoms with Gasteiger partial charge in [-0.25, -0.2) is 4.98 Å². The van der Waals surface area contributed by atoms with Crippen LogP contribution in [0.4, 0.5) is 0 Å². The smallest absolute Gasteiger partial charge is 0.254 e. The van der Waals surface area contributed by atoms with Crippen LogP contribution in [0.5, 0.6) is 5.88 Å². The number of methoxy groups -OCH3 is 1. The predicted molar refractivity (Wildman–Crippen MR) is 70.2 cm³/mol. The molecular formula is C13H19N3O3. The molecule has 0 aromatic carbocycles. The van der Waals surface area contributed by atoms with E-state index in [0.717, 1.165) is 13.1 Å². The lowest BCUT2D eigenvalue weighted by molar-refractivity contribution is 0.0614. The standard InChI is InChI=1S/C13H19N3O3/c1-19-12-10-11(2-3-14-12)13(18)16-6-4-15(5-7-16)8-9-17/h2-3,10,17H,4-9H2,1H3. The van der Waals surface area contributed by atoms with Crippen LogP contribution in [0.25, 0.3) is 0 Å².